The molecule has 2 rings (SSSR count). The molecule has 0 spiro atoms. The number of aryl methyl sites for hydroxylation is 1. The minimum atomic E-state index is 0.163. The Morgan fingerprint density at radius 1 is 1.05 bits per heavy atom. The molecule has 0 saturated carbocycles. The first-order chi connectivity index (χ1) is 9.09. The average molecular weight is 320 g/mol. The lowest BCUT2D eigenvalue weighted by Gasteiger charge is -2.21. The maximum absolute atomic E-state index is 4.41. The van der Waals surface area contributed by atoms with Crippen LogP contribution in [-0.4, -0.2) is 9.97 Å². The number of nitrogens with one attached hydrogen (secondary N) is 1. The van der Waals surface area contributed by atoms with Gasteiger partial charge in [0.1, 0.15) is 0 Å². The van der Waals surface area contributed by atoms with Crippen LogP contribution < -0.4 is 5.32 Å². The summed E-state index contributed by atoms with van der Waals surface area (Å²) >= 11 is 3.59. The normalized spacial score (nSPS) is 14.1. The summed E-state index contributed by atoms with van der Waals surface area (Å²) in [5.41, 5.74) is 3.22. The molecule has 0 aliphatic carbocycles. The van der Waals surface area contributed by atoms with E-state index in [1.165, 1.54) is 5.56 Å². The highest BCUT2D eigenvalue weighted by Crippen LogP contribution is 2.25. The quantitative estimate of drug-likeness (QED) is 0.926. The van der Waals surface area contributed by atoms with E-state index in [0.717, 1.165) is 15.9 Å². The molecular weight excluding hydrogens is 302 g/mol. The van der Waals surface area contributed by atoms with Crippen LogP contribution in [0.4, 0.5) is 0 Å². The molecule has 0 amide bonds. The number of hydrogen-bond donors (Lipinski definition) is 1. The second-order valence-electron chi connectivity index (χ2n) is 4.66. The first kappa shape index (κ1) is 14.2. The lowest BCUT2D eigenvalue weighted by Crippen LogP contribution is -2.24. The zero-order valence-electron chi connectivity index (χ0n) is 11.4. The molecule has 4 heteroatoms. The van der Waals surface area contributed by atoms with E-state index in [-0.39, 0.29) is 12.1 Å². The summed E-state index contributed by atoms with van der Waals surface area (Å²) < 4.78 is 1.12. The molecule has 2 atom stereocenters. The highest BCUT2D eigenvalue weighted by molar-refractivity contribution is 9.10. The fourth-order valence-corrected chi connectivity index (χ4v) is 2.84. The average Bonchev–Trinajstić information content (AvgIpc) is 2.39. The zero-order chi connectivity index (χ0) is 13.8. The number of nitrogens with zero attached hydrogens (tertiary/aromatic N) is 2. The third kappa shape index (κ3) is 3.39. The van der Waals surface area contributed by atoms with Crippen molar-refractivity contribution in [3.8, 4) is 0 Å². The van der Waals surface area contributed by atoms with E-state index >= 15 is 0 Å². The summed E-state index contributed by atoms with van der Waals surface area (Å²) in [4.78, 5) is 8.70. The molecule has 1 unspecified atom stereocenters. The molecule has 0 aliphatic heterocycles. The molecular formula is C15H18BrN3. The van der Waals surface area contributed by atoms with Crippen molar-refractivity contribution < 1.29 is 0 Å². The van der Waals surface area contributed by atoms with Gasteiger partial charge in [0.2, 0.25) is 0 Å². The number of hydrogen-bond acceptors (Lipinski definition) is 3. The molecule has 0 fully saturated rings. The Kier molecular flexibility index (Phi) is 4.66. The van der Waals surface area contributed by atoms with Crippen molar-refractivity contribution in [2.75, 3.05) is 0 Å². The lowest BCUT2D eigenvalue weighted by atomic mass is 10.1. The summed E-state index contributed by atoms with van der Waals surface area (Å²) in [7, 11) is 0. The third-order valence-corrected chi connectivity index (χ3v) is 3.92. The van der Waals surface area contributed by atoms with Gasteiger partial charge in [0.25, 0.3) is 0 Å². The molecule has 1 N–H and O–H groups in total. The van der Waals surface area contributed by atoms with Gasteiger partial charge in [-0.2, -0.15) is 0 Å². The summed E-state index contributed by atoms with van der Waals surface area (Å²) in [5.74, 6) is 0. The van der Waals surface area contributed by atoms with Crippen LogP contribution >= 0.6 is 15.9 Å². The van der Waals surface area contributed by atoms with Crippen molar-refractivity contribution in [3.05, 3.63) is 58.1 Å². The van der Waals surface area contributed by atoms with Crippen molar-refractivity contribution >= 4 is 15.9 Å². The lowest BCUT2D eigenvalue weighted by molar-refractivity contribution is 0.482. The van der Waals surface area contributed by atoms with Crippen LogP contribution in [-0.2, 0) is 0 Å². The number of halogens is 1. The summed E-state index contributed by atoms with van der Waals surface area (Å²) in [6.45, 7) is 6.26. The molecule has 0 bridgehead atoms. The molecule has 0 aliphatic rings. The Labute approximate surface area is 122 Å². The maximum atomic E-state index is 4.41. The molecule has 2 aromatic rings. The van der Waals surface area contributed by atoms with Gasteiger partial charge in [-0.3, -0.25) is 9.97 Å². The van der Waals surface area contributed by atoms with Crippen LogP contribution in [0.3, 0.4) is 0 Å². The first-order valence-electron chi connectivity index (χ1n) is 6.37. The van der Waals surface area contributed by atoms with E-state index in [2.05, 4.69) is 63.3 Å². The van der Waals surface area contributed by atoms with Crippen LogP contribution in [0.2, 0.25) is 0 Å². The van der Waals surface area contributed by atoms with Crippen LogP contribution in [0, 0.1) is 6.92 Å². The molecule has 0 radical (unpaired) electrons. The predicted octanol–water partition coefficient (Wildman–Crippen LogP) is 3.96. The Morgan fingerprint density at radius 3 is 2.42 bits per heavy atom. The second-order valence-corrected chi connectivity index (χ2v) is 5.51. The SMILES string of the molecule is Cc1nccnc1C(C)N[C@H](C)c1ccccc1Br. The number of rotatable bonds is 4. The van der Waals surface area contributed by atoms with Crippen LogP contribution in [0.1, 0.15) is 42.9 Å². The Hall–Kier alpha value is -1.26. The fourth-order valence-electron chi connectivity index (χ4n) is 2.21. The standard InChI is InChI=1S/C15H18BrN3/c1-10(13-6-4-5-7-14(13)16)19-12(3)15-11(2)17-8-9-18-15/h4-10,12,19H,1-3H3/t10-,12?/m1/s1. The van der Waals surface area contributed by atoms with Crippen molar-refractivity contribution in [3.63, 3.8) is 0 Å². The minimum absolute atomic E-state index is 0.163. The molecule has 1 heterocycles. The van der Waals surface area contributed by atoms with Gasteiger partial charge in [-0.1, -0.05) is 34.1 Å². The van der Waals surface area contributed by atoms with Crippen molar-refractivity contribution in [1.29, 1.82) is 0 Å². The van der Waals surface area contributed by atoms with Crippen LogP contribution in [0.25, 0.3) is 0 Å². The van der Waals surface area contributed by atoms with E-state index in [9.17, 15) is 0 Å². The van der Waals surface area contributed by atoms with Crippen LogP contribution in [0.5, 0.6) is 0 Å². The van der Waals surface area contributed by atoms with Crippen LogP contribution in [0.15, 0.2) is 41.1 Å². The van der Waals surface area contributed by atoms with E-state index in [0.29, 0.717) is 0 Å². The van der Waals surface area contributed by atoms with E-state index in [4.69, 9.17) is 0 Å². The molecule has 3 nitrogen and oxygen atoms in total. The molecule has 0 saturated heterocycles. The molecule has 1 aromatic carbocycles. The van der Waals surface area contributed by atoms with E-state index in [1.54, 1.807) is 12.4 Å². The molecule has 19 heavy (non-hydrogen) atoms. The Balaban J connectivity index is 2.13. The largest absolute Gasteiger partial charge is 0.302 e. The van der Waals surface area contributed by atoms with Crippen molar-refractivity contribution in [1.82, 2.24) is 15.3 Å². The number of aromatic nitrogens is 2. The Morgan fingerprint density at radius 2 is 1.74 bits per heavy atom. The Bertz CT molecular complexity index is 507. The summed E-state index contributed by atoms with van der Waals surface area (Å²) in [6, 6.07) is 8.67. The highest BCUT2D eigenvalue weighted by Gasteiger charge is 2.15. The topological polar surface area (TPSA) is 37.8 Å². The minimum Gasteiger partial charge on any atom is -0.302 e. The zero-order valence-corrected chi connectivity index (χ0v) is 13.0. The van der Waals surface area contributed by atoms with E-state index in [1.807, 2.05) is 13.0 Å². The first-order valence-corrected chi connectivity index (χ1v) is 7.17. The summed E-state index contributed by atoms with van der Waals surface area (Å²) in [6.07, 6.45) is 3.46. The van der Waals surface area contributed by atoms with Gasteiger partial charge in [0.15, 0.2) is 0 Å². The van der Waals surface area contributed by atoms with Gasteiger partial charge in [0, 0.05) is 29.0 Å². The molecule has 1 aromatic heterocycles. The monoisotopic (exact) mass is 319 g/mol. The predicted molar refractivity (Wildman–Crippen MR) is 80.9 cm³/mol. The third-order valence-electron chi connectivity index (χ3n) is 3.20. The highest BCUT2D eigenvalue weighted by atomic mass is 79.9. The van der Waals surface area contributed by atoms with Gasteiger partial charge in [-0.05, 0) is 32.4 Å². The van der Waals surface area contributed by atoms with Crippen molar-refractivity contribution in [2.45, 2.75) is 32.9 Å². The van der Waals surface area contributed by atoms with Crippen molar-refractivity contribution in [2.24, 2.45) is 0 Å². The van der Waals surface area contributed by atoms with E-state index < -0.39 is 0 Å². The molecule has 100 valence electrons. The number of benzene rings is 1. The second kappa shape index (κ2) is 6.26. The summed E-state index contributed by atoms with van der Waals surface area (Å²) in [5, 5.41) is 3.56. The maximum Gasteiger partial charge on any atom is 0.0782 e. The van der Waals surface area contributed by atoms with Gasteiger partial charge in [-0.15, -0.1) is 0 Å². The fraction of sp³-hybridized carbons (Fsp3) is 0.333. The van der Waals surface area contributed by atoms with Gasteiger partial charge < -0.3 is 5.32 Å². The smallest absolute Gasteiger partial charge is 0.0782 e. The van der Waals surface area contributed by atoms with Gasteiger partial charge in [-0.25, -0.2) is 0 Å². The van der Waals surface area contributed by atoms with Gasteiger partial charge >= 0.3 is 0 Å². The van der Waals surface area contributed by atoms with Gasteiger partial charge in [0.05, 0.1) is 11.4 Å².